The molecule has 0 aromatic carbocycles. The van der Waals surface area contributed by atoms with Crippen LogP contribution in [0.25, 0.3) is 0 Å². The highest BCUT2D eigenvalue weighted by molar-refractivity contribution is 5.27. The van der Waals surface area contributed by atoms with Gasteiger partial charge in [0, 0.05) is 0 Å². The fourth-order valence-corrected chi connectivity index (χ4v) is 7.11. The summed E-state index contributed by atoms with van der Waals surface area (Å²) in [5.74, 6) is 2.87. The number of hydrogen-bond donors (Lipinski definition) is 2. The molecule has 3 saturated carbocycles. The first kappa shape index (κ1) is 15.2. The van der Waals surface area contributed by atoms with Crippen LogP contribution >= 0.6 is 0 Å². The molecule has 2 N–H and O–H groups in total. The van der Waals surface area contributed by atoms with Crippen LogP contribution in [-0.4, -0.2) is 22.4 Å². The predicted molar refractivity (Wildman–Crippen MR) is 88.3 cm³/mol. The van der Waals surface area contributed by atoms with E-state index in [0.29, 0.717) is 17.3 Å². The molecule has 4 aliphatic carbocycles. The predicted octanol–water partition coefficient (Wildman–Crippen LogP) is 3.92. The van der Waals surface area contributed by atoms with Crippen LogP contribution in [0.1, 0.15) is 65.7 Å². The number of allylic oxidation sites excluding steroid dienone is 1. The van der Waals surface area contributed by atoms with Crippen LogP contribution in [0.4, 0.5) is 0 Å². The molecule has 2 nitrogen and oxygen atoms in total. The second-order valence-electron chi connectivity index (χ2n) is 9.30. The largest absolute Gasteiger partial charge is 0.393 e. The summed E-state index contributed by atoms with van der Waals surface area (Å²) < 4.78 is 0. The summed E-state index contributed by atoms with van der Waals surface area (Å²) in [4.78, 5) is 0. The Morgan fingerprint density at radius 2 is 1.77 bits per heavy atom. The van der Waals surface area contributed by atoms with Crippen LogP contribution < -0.4 is 0 Å². The number of rotatable bonds is 0. The minimum Gasteiger partial charge on any atom is -0.393 e. The van der Waals surface area contributed by atoms with E-state index in [2.05, 4.69) is 26.8 Å². The lowest BCUT2D eigenvalue weighted by Crippen LogP contribution is -2.53. The summed E-state index contributed by atoms with van der Waals surface area (Å²) in [6.45, 7) is 7.20. The molecule has 4 aliphatic rings. The van der Waals surface area contributed by atoms with Gasteiger partial charge in [-0.05, 0) is 79.4 Å². The summed E-state index contributed by atoms with van der Waals surface area (Å²) in [6.07, 6.45) is 9.95. The van der Waals surface area contributed by atoms with Crippen LogP contribution in [0, 0.1) is 34.5 Å². The second kappa shape index (κ2) is 4.83. The highest BCUT2D eigenvalue weighted by Crippen LogP contribution is 2.66. The molecule has 0 spiro atoms. The summed E-state index contributed by atoms with van der Waals surface area (Å²) in [7, 11) is 0. The van der Waals surface area contributed by atoms with E-state index in [-0.39, 0.29) is 17.6 Å². The van der Waals surface area contributed by atoms with Crippen LogP contribution in [-0.2, 0) is 0 Å². The van der Waals surface area contributed by atoms with Gasteiger partial charge >= 0.3 is 0 Å². The molecule has 124 valence electrons. The number of aliphatic hydroxyl groups is 2. The average molecular weight is 304 g/mol. The highest BCUT2D eigenvalue weighted by Gasteiger charge is 2.59. The molecule has 0 aromatic rings. The maximum Gasteiger partial charge on any atom is 0.0724 e. The van der Waals surface area contributed by atoms with E-state index in [9.17, 15) is 10.2 Å². The van der Waals surface area contributed by atoms with Gasteiger partial charge in [-0.25, -0.2) is 0 Å². The molecule has 0 saturated heterocycles. The monoisotopic (exact) mass is 304 g/mol. The third-order valence-electron chi connectivity index (χ3n) is 8.35. The molecule has 0 aliphatic heterocycles. The number of fused-ring (bicyclic) bond motifs is 5. The molecule has 0 bridgehead atoms. The lowest BCUT2D eigenvalue weighted by atomic mass is 9.45. The van der Waals surface area contributed by atoms with E-state index in [0.717, 1.165) is 31.1 Å². The van der Waals surface area contributed by atoms with Crippen molar-refractivity contribution in [3.63, 3.8) is 0 Å². The van der Waals surface area contributed by atoms with Crippen LogP contribution in [0.3, 0.4) is 0 Å². The van der Waals surface area contributed by atoms with Gasteiger partial charge in [-0.3, -0.25) is 0 Å². The minimum absolute atomic E-state index is 0.0771. The lowest BCUT2D eigenvalue weighted by molar-refractivity contribution is -0.0839. The van der Waals surface area contributed by atoms with Gasteiger partial charge in [0.1, 0.15) is 0 Å². The molecule has 8 atom stereocenters. The zero-order chi connectivity index (χ0) is 15.7. The van der Waals surface area contributed by atoms with Crippen molar-refractivity contribution >= 4 is 0 Å². The third-order valence-corrected chi connectivity index (χ3v) is 8.35. The lowest BCUT2D eigenvalue weighted by Gasteiger charge is -2.59. The Balaban J connectivity index is 1.71. The van der Waals surface area contributed by atoms with Gasteiger partial charge in [0.05, 0.1) is 12.2 Å². The minimum atomic E-state index is -0.218. The van der Waals surface area contributed by atoms with Crippen molar-refractivity contribution in [3.05, 3.63) is 11.6 Å². The highest BCUT2D eigenvalue weighted by atomic mass is 16.3. The van der Waals surface area contributed by atoms with Crippen molar-refractivity contribution in [2.45, 2.75) is 77.9 Å². The van der Waals surface area contributed by atoms with Crippen LogP contribution in [0.2, 0.25) is 0 Å². The Morgan fingerprint density at radius 1 is 1.00 bits per heavy atom. The van der Waals surface area contributed by atoms with Crippen LogP contribution in [0.15, 0.2) is 11.6 Å². The fourth-order valence-electron chi connectivity index (χ4n) is 7.11. The molecule has 0 aromatic heterocycles. The Bertz CT molecular complexity index is 498. The zero-order valence-electron chi connectivity index (χ0n) is 14.4. The fraction of sp³-hybridized carbons (Fsp3) is 0.900. The smallest absolute Gasteiger partial charge is 0.0724 e. The molecule has 3 fully saturated rings. The van der Waals surface area contributed by atoms with E-state index in [1.807, 2.05) is 0 Å². The Hall–Kier alpha value is -0.340. The standard InChI is InChI=1S/C20H32O2/c1-12-10-14-15-4-5-18(22)20(15,3)9-7-16(14)19(2)8-6-13(21)11-17(12)19/h11-16,18,21-22H,4-10H2,1-3H3/t12?,13-,14-,15-,16-,18-,19+,20-/m0/s1. The number of aliphatic hydroxyl groups excluding tert-OH is 2. The van der Waals surface area contributed by atoms with Crippen molar-refractivity contribution in [2.75, 3.05) is 0 Å². The molecule has 1 unspecified atom stereocenters. The van der Waals surface area contributed by atoms with Crippen molar-refractivity contribution in [2.24, 2.45) is 34.5 Å². The first-order chi connectivity index (χ1) is 10.4. The maximum atomic E-state index is 10.5. The normalized spacial score (nSPS) is 57.6. The molecular weight excluding hydrogens is 272 g/mol. The summed E-state index contributed by atoms with van der Waals surface area (Å²) in [5, 5.41) is 20.6. The quantitative estimate of drug-likeness (QED) is 0.666. The van der Waals surface area contributed by atoms with Gasteiger partial charge in [0.15, 0.2) is 0 Å². The molecule has 2 heteroatoms. The Kier molecular flexibility index (Phi) is 3.34. The van der Waals surface area contributed by atoms with Crippen molar-refractivity contribution in [3.8, 4) is 0 Å². The van der Waals surface area contributed by atoms with Crippen LogP contribution in [0.5, 0.6) is 0 Å². The summed E-state index contributed by atoms with van der Waals surface area (Å²) in [6, 6.07) is 0. The summed E-state index contributed by atoms with van der Waals surface area (Å²) in [5.41, 5.74) is 2.03. The van der Waals surface area contributed by atoms with Crippen molar-refractivity contribution in [1.82, 2.24) is 0 Å². The van der Waals surface area contributed by atoms with Crippen molar-refractivity contribution in [1.29, 1.82) is 0 Å². The average Bonchev–Trinajstić information content (AvgIpc) is 2.77. The van der Waals surface area contributed by atoms with Gasteiger partial charge in [-0.1, -0.05) is 32.4 Å². The van der Waals surface area contributed by atoms with E-state index in [1.165, 1.54) is 25.7 Å². The van der Waals surface area contributed by atoms with Gasteiger partial charge in [-0.2, -0.15) is 0 Å². The van der Waals surface area contributed by atoms with E-state index >= 15 is 0 Å². The van der Waals surface area contributed by atoms with Gasteiger partial charge in [0.2, 0.25) is 0 Å². The SMILES string of the molecule is CC1C[C@H]2[C@@H]3CC[C@H](O)[C@@]3(C)CC[C@@H]2[C@@]2(C)CC[C@H](O)C=C12. The molecule has 0 radical (unpaired) electrons. The van der Waals surface area contributed by atoms with Crippen molar-refractivity contribution < 1.29 is 10.2 Å². The third kappa shape index (κ3) is 1.86. The second-order valence-corrected chi connectivity index (χ2v) is 9.30. The van der Waals surface area contributed by atoms with Gasteiger partial charge in [-0.15, -0.1) is 0 Å². The van der Waals surface area contributed by atoms with E-state index in [4.69, 9.17) is 0 Å². The Labute approximate surface area is 135 Å². The first-order valence-corrected chi connectivity index (χ1v) is 9.44. The van der Waals surface area contributed by atoms with E-state index < -0.39 is 0 Å². The molecular formula is C20H32O2. The molecule has 0 amide bonds. The molecule has 4 rings (SSSR count). The van der Waals surface area contributed by atoms with E-state index in [1.54, 1.807) is 5.57 Å². The topological polar surface area (TPSA) is 40.5 Å². The zero-order valence-corrected chi connectivity index (χ0v) is 14.4. The first-order valence-electron chi connectivity index (χ1n) is 9.44. The Morgan fingerprint density at radius 3 is 2.55 bits per heavy atom. The van der Waals surface area contributed by atoms with Gasteiger partial charge in [0.25, 0.3) is 0 Å². The molecule has 22 heavy (non-hydrogen) atoms. The van der Waals surface area contributed by atoms with Gasteiger partial charge < -0.3 is 10.2 Å². The maximum absolute atomic E-state index is 10.5. The summed E-state index contributed by atoms with van der Waals surface area (Å²) >= 11 is 0. The number of hydrogen-bond acceptors (Lipinski definition) is 2. The molecule has 0 heterocycles.